The standard InChI is InChI=1S/C23H20N2O7S2/c1-32-22(31)14-6-4-13(5-7-14)11-18-20(28)25(23(33)34-18)10-2-3-19(27)24-15-8-9-16(21(29)30)17(26)12-15/h4-9,11-12,26H,2-3,10H2,1H3,(H,24,27)(H,29,30). The number of nitrogens with one attached hydrogen (secondary N) is 1. The zero-order valence-electron chi connectivity index (χ0n) is 17.9. The maximum absolute atomic E-state index is 12.7. The van der Waals surface area contributed by atoms with E-state index in [1.165, 1.54) is 24.1 Å². The van der Waals surface area contributed by atoms with Crippen molar-refractivity contribution in [1.29, 1.82) is 0 Å². The predicted molar refractivity (Wildman–Crippen MR) is 131 cm³/mol. The van der Waals surface area contributed by atoms with Gasteiger partial charge in [-0.1, -0.05) is 36.1 Å². The first-order chi connectivity index (χ1) is 16.2. The van der Waals surface area contributed by atoms with Crippen LogP contribution in [0.1, 0.15) is 39.1 Å². The molecule has 1 saturated heterocycles. The number of ether oxygens (including phenoxy) is 1. The second kappa shape index (κ2) is 10.9. The van der Waals surface area contributed by atoms with Crippen LogP contribution in [-0.4, -0.2) is 56.8 Å². The molecule has 0 unspecified atom stereocenters. The van der Waals surface area contributed by atoms with Crippen LogP contribution in [0.2, 0.25) is 0 Å². The Hall–Kier alpha value is -3.70. The summed E-state index contributed by atoms with van der Waals surface area (Å²) in [5, 5.41) is 21.2. The summed E-state index contributed by atoms with van der Waals surface area (Å²) in [5.41, 5.74) is 1.13. The Morgan fingerprint density at radius 1 is 1.18 bits per heavy atom. The van der Waals surface area contributed by atoms with E-state index in [1.54, 1.807) is 30.3 Å². The number of hydrogen-bond donors (Lipinski definition) is 3. The number of thiocarbonyl (C=S) groups is 1. The van der Waals surface area contributed by atoms with Gasteiger partial charge in [0.2, 0.25) is 5.91 Å². The first kappa shape index (κ1) is 24.9. The minimum atomic E-state index is -1.27. The van der Waals surface area contributed by atoms with Gasteiger partial charge in [-0.05, 0) is 42.3 Å². The van der Waals surface area contributed by atoms with Crippen LogP contribution in [0.5, 0.6) is 5.75 Å². The molecule has 0 bridgehead atoms. The largest absolute Gasteiger partial charge is 0.507 e. The predicted octanol–water partition coefficient (Wildman–Crippen LogP) is 3.50. The van der Waals surface area contributed by atoms with Gasteiger partial charge in [0, 0.05) is 24.7 Å². The fourth-order valence-corrected chi connectivity index (χ4v) is 4.40. The van der Waals surface area contributed by atoms with Crippen LogP contribution in [0.15, 0.2) is 47.4 Å². The molecule has 3 rings (SSSR count). The van der Waals surface area contributed by atoms with Gasteiger partial charge >= 0.3 is 11.9 Å². The Morgan fingerprint density at radius 2 is 1.88 bits per heavy atom. The fourth-order valence-electron chi connectivity index (χ4n) is 3.09. The first-order valence-corrected chi connectivity index (χ1v) is 11.2. The number of amides is 2. The Morgan fingerprint density at radius 3 is 2.50 bits per heavy atom. The van der Waals surface area contributed by atoms with E-state index in [4.69, 9.17) is 17.3 Å². The second-order valence-corrected chi connectivity index (χ2v) is 8.81. The normalized spacial score (nSPS) is 14.4. The first-order valence-electron chi connectivity index (χ1n) is 9.99. The fraction of sp³-hybridized carbons (Fsp3) is 0.174. The molecule has 3 N–H and O–H groups in total. The summed E-state index contributed by atoms with van der Waals surface area (Å²) in [5.74, 6) is -2.78. The summed E-state index contributed by atoms with van der Waals surface area (Å²) in [6.45, 7) is 0.250. The number of carbonyl (C=O) groups is 4. The van der Waals surface area contributed by atoms with Crippen molar-refractivity contribution in [3.05, 3.63) is 64.1 Å². The lowest BCUT2D eigenvalue weighted by Gasteiger charge is -2.14. The van der Waals surface area contributed by atoms with E-state index in [-0.39, 0.29) is 36.0 Å². The lowest BCUT2D eigenvalue weighted by molar-refractivity contribution is -0.122. The van der Waals surface area contributed by atoms with Gasteiger partial charge in [-0.15, -0.1) is 0 Å². The molecule has 34 heavy (non-hydrogen) atoms. The molecule has 1 fully saturated rings. The molecule has 0 saturated carbocycles. The number of anilines is 1. The number of aromatic hydroxyl groups is 1. The van der Waals surface area contributed by atoms with Crippen LogP contribution >= 0.6 is 24.0 Å². The highest BCUT2D eigenvalue weighted by Crippen LogP contribution is 2.32. The molecule has 2 aromatic carbocycles. The molecule has 0 atom stereocenters. The lowest BCUT2D eigenvalue weighted by atomic mass is 10.1. The van der Waals surface area contributed by atoms with Crippen molar-refractivity contribution in [3.63, 3.8) is 0 Å². The summed E-state index contributed by atoms with van der Waals surface area (Å²) in [4.78, 5) is 49.3. The van der Waals surface area contributed by atoms with Crippen LogP contribution in [-0.2, 0) is 14.3 Å². The summed E-state index contributed by atoms with van der Waals surface area (Å²) in [6.07, 6.45) is 2.12. The number of aromatic carboxylic acids is 1. The smallest absolute Gasteiger partial charge is 0.339 e. The van der Waals surface area contributed by atoms with Crippen LogP contribution in [0, 0.1) is 0 Å². The monoisotopic (exact) mass is 500 g/mol. The van der Waals surface area contributed by atoms with Crippen molar-refractivity contribution in [2.45, 2.75) is 12.8 Å². The van der Waals surface area contributed by atoms with Gasteiger partial charge in [0.05, 0.1) is 17.6 Å². The van der Waals surface area contributed by atoms with Crippen LogP contribution in [0.25, 0.3) is 6.08 Å². The zero-order chi connectivity index (χ0) is 24.8. The van der Waals surface area contributed by atoms with Gasteiger partial charge in [-0.25, -0.2) is 9.59 Å². The third kappa shape index (κ3) is 6.00. The highest BCUT2D eigenvalue weighted by molar-refractivity contribution is 8.26. The average molecular weight is 501 g/mol. The van der Waals surface area contributed by atoms with E-state index in [1.807, 2.05) is 0 Å². The minimum Gasteiger partial charge on any atom is -0.507 e. The van der Waals surface area contributed by atoms with E-state index in [9.17, 15) is 24.3 Å². The Balaban J connectivity index is 1.54. The van der Waals surface area contributed by atoms with Gasteiger partial charge < -0.3 is 20.3 Å². The van der Waals surface area contributed by atoms with Crippen LogP contribution in [0.3, 0.4) is 0 Å². The highest BCUT2D eigenvalue weighted by Gasteiger charge is 2.31. The number of thioether (sulfide) groups is 1. The number of carboxylic acids is 1. The number of phenols is 1. The molecule has 1 aliphatic heterocycles. The molecular formula is C23H20N2O7S2. The van der Waals surface area contributed by atoms with Crippen molar-refractivity contribution >= 4 is 63.8 Å². The molecule has 1 aliphatic rings. The molecule has 0 aromatic heterocycles. The van der Waals surface area contributed by atoms with Crippen LogP contribution < -0.4 is 5.32 Å². The number of esters is 1. The number of nitrogens with zero attached hydrogens (tertiary/aromatic N) is 1. The summed E-state index contributed by atoms with van der Waals surface area (Å²) in [6, 6.07) is 10.3. The third-order valence-corrected chi connectivity index (χ3v) is 6.18. The molecule has 0 spiro atoms. The van der Waals surface area contributed by atoms with Crippen molar-refractivity contribution in [2.24, 2.45) is 0 Å². The lowest BCUT2D eigenvalue weighted by Crippen LogP contribution is -2.29. The van der Waals surface area contributed by atoms with E-state index >= 15 is 0 Å². The molecule has 9 nitrogen and oxygen atoms in total. The summed E-state index contributed by atoms with van der Waals surface area (Å²) in [7, 11) is 1.30. The van der Waals surface area contributed by atoms with Crippen LogP contribution in [0.4, 0.5) is 5.69 Å². The minimum absolute atomic E-state index is 0.0898. The van der Waals surface area contributed by atoms with Crippen molar-refractivity contribution in [2.75, 3.05) is 19.0 Å². The number of benzene rings is 2. The summed E-state index contributed by atoms with van der Waals surface area (Å²) < 4.78 is 5.05. The molecule has 0 radical (unpaired) electrons. The highest BCUT2D eigenvalue weighted by atomic mass is 32.2. The quantitative estimate of drug-likeness (QED) is 0.283. The number of hydrogen-bond acceptors (Lipinski definition) is 8. The Bertz CT molecular complexity index is 1190. The Kier molecular flexibility index (Phi) is 8.03. The number of carbonyl (C=O) groups excluding carboxylic acids is 3. The Labute approximate surface area is 204 Å². The van der Waals surface area contributed by atoms with E-state index in [2.05, 4.69) is 10.1 Å². The molecule has 176 valence electrons. The molecular weight excluding hydrogens is 480 g/mol. The molecule has 2 aromatic rings. The zero-order valence-corrected chi connectivity index (χ0v) is 19.6. The van der Waals surface area contributed by atoms with E-state index in [0.29, 0.717) is 21.2 Å². The van der Waals surface area contributed by atoms with Crippen molar-refractivity contribution in [1.82, 2.24) is 4.90 Å². The molecule has 1 heterocycles. The van der Waals surface area contributed by atoms with E-state index < -0.39 is 17.7 Å². The number of carboxylic acid groups (broad SMARTS) is 1. The van der Waals surface area contributed by atoms with Crippen molar-refractivity contribution in [3.8, 4) is 5.75 Å². The van der Waals surface area contributed by atoms with Gasteiger partial charge in [-0.2, -0.15) is 0 Å². The maximum atomic E-state index is 12.7. The maximum Gasteiger partial charge on any atom is 0.339 e. The average Bonchev–Trinajstić information content (AvgIpc) is 3.06. The SMILES string of the molecule is COC(=O)c1ccc(C=C2SC(=S)N(CCCC(=O)Nc3ccc(C(=O)O)c(O)c3)C2=O)cc1. The molecule has 2 amide bonds. The number of methoxy groups -OCH3 is 1. The third-order valence-electron chi connectivity index (χ3n) is 4.80. The summed E-state index contributed by atoms with van der Waals surface area (Å²) >= 11 is 6.46. The van der Waals surface area contributed by atoms with E-state index in [0.717, 1.165) is 23.4 Å². The van der Waals surface area contributed by atoms with Gasteiger partial charge in [-0.3, -0.25) is 14.5 Å². The second-order valence-electron chi connectivity index (χ2n) is 7.14. The van der Waals surface area contributed by atoms with Crippen molar-refractivity contribution < 1.29 is 34.1 Å². The van der Waals surface area contributed by atoms with Gasteiger partial charge in [0.1, 0.15) is 15.6 Å². The van der Waals surface area contributed by atoms with Gasteiger partial charge in [0.15, 0.2) is 0 Å². The molecule has 0 aliphatic carbocycles. The van der Waals surface area contributed by atoms with Gasteiger partial charge in [0.25, 0.3) is 5.91 Å². The molecule has 11 heteroatoms. The number of rotatable bonds is 8. The topological polar surface area (TPSA) is 133 Å².